The van der Waals surface area contributed by atoms with Gasteiger partial charge in [-0.1, -0.05) is 54.6 Å². The fourth-order valence-corrected chi connectivity index (χ4v) is 4.98. The molecule has 1 atom stereocenters. The fourth-order valence-electron chi connectivity index (χ4n) is 4.98. The molecule has 6 nitrogen and oxygen atoms in total. The Morgan fingerprint density at radius 2 is 1.78 bits per heavy atom. The maximum atomic E-state index is 10.3. The van der Waals surface area contributed by atoms with Crippen LogP contribution in [0.25, 0.3) is 11.1 Å². The molecule has 154 valence electrons. The van der Waals surface area contributed by atoms with Gasteiger partial charge in [-0.05, 0) is 23.6 Å². The van der Waals surface area contributed by atoms with Crippen LogP contribution in [0, 0.1) is 39.4 Å². The minimum Gasteiger partial charge on any atom is -0.477 e. The van der Waals surface area contributed by atoms with Crippen molar-refractivity contribution in [2.24, 2.45) is 5.41 Å². The van der Waals surface area contributed by atoms with Crippen LogP contribution in [0.2, 0.25) is 0 Å². The first-order valence-corrected chi connectivity index (χ1v) is 10.5. The quantitative estimate of drug-likeness (QED) is 0.614. The van der Waals surface area contributed by atoms with Crippen molar-refractivity contribution < 1.29 is 4.74 Å². The van der Waals surface area contributed by atoms with Gasteiger partial charge in [0.25, 0.3) is 0 Å². The van der Waals surface area contributed by atoms with Gasteiger partial charge in [0.15, 0.2) is 5.41 Å². The normalized spacial score (nSPS) is 17.2. The molecule has 0 fully saturated rings. The van der Waals surface area contributed by atoms with E-state index in [1.54, 1.807) is 0 Å². The third-order valence-electron chi connectivity index (χ3n) is 6.29. The fraction of sp³-hybridized carbons (Fsp3) is 0.231. The molecule has 2 aliphatic rings. The molecule has 0 saturated heterocycles. The Morgan fingerprint density at radius 3 is 2.47 bits per heavy atom. The number of fused-ring (bicyclic) bond motifs is 5. The highest BCUT2D eigenvalue weighted by Gasteiger charge is 2.53. The molecule has 0 spiro atoms. The van der Waals surface area contributed by atoms with Crippen molar-refractivity contribution in [1.29, 1.82) is 15.8 Å². The Labute approximate surface area is 186 Å². The number of hydrogen-bond acceptors (Lipinski definition) is 6. The largest absolute Gasteiger partial charge is 0.477 e. The van der Waals surface area contributed by atoms with Crippen molar-refractivity contribution in [2.45, 2.75) is 25.9 Å². The van der Waals surface area contributed by atoms with Gasteiger partial charge in [-0.3, -0.25) is 0 Å². The van der Waals surface area contributed by atoms with Crippen LogP contribution in [0.15, 0.2) is 54.6 Å². The van der Waals surface area contributed by atoms with Crippen LogP contribution in [-0.4, -0.2) is 11.6 Å². The summed E-state index contributed by atoms with van der Waals surface area (Å²) in [5, 5.41) is 30.6. The Morgan fingerprint density at radius 1 is 1.06 bits per heavy atom. The van der Waals surface area contributed by atoms with Gasteiger partial charge in [0.05, 0.1) is 24.8 Å². The smallest absolute Gasteiger partial charge is 0.234 e. The summed E-state index contributed by atoms with van der Waals surface area (Å²) in [6.45, 7) is 2.77. The summed E-state index contributed by atoms with van der Waals surface area (Å²) < 4.78 is 5.80. The lowest BCUT2D eigenvalue weighted by Gasteiger charge is -2.41. The number of rotatable bonds is 3. The van der Waals surface area contributed by atoms with Gasteiger partial charge in [0, 0.05) is 24.1 Å². The van der Waals surface area contributed by atoms with Crippen LogP contribution < -0.4 is 9.64 Å². The summed E-state index contributed by atoms with van der Waals surface area (Å²) in [4.78, 5) is 6.82. The van der Waals surface area contributed by atoms with Crippen molar-refractivity contribution >= 4 is 5.82 Å². The summed E-state index contributed by atoms with van der Waals surface area (Å²) in [5.41, 5.74) is 3.34. The number of nitrogens with zero attached hydrogens (tertiary/aromatic N) is 5. The Hall–Kier alpha value is -4.34. The van der Waals surface area contributed by atoms with Gasteiger partial charge in [-0.15, -0.1) is 0 Å². The van der Waals surface area contributed by atoms with Gasteiger partial charge in [0.2, 0.25) is 5.88 Å². The van der Waals surface area contributed by atoms with Crippen molar-refractivity contribution in [2.75, 3.05) is 11.5 Å². The lowest BCUT2D eigenvalue weighted by molar-refractivity contribution is 0.322. The Bertz CT molecular complexity index is 1330. The molecule has 3 aromatic rings. The first kappa shape index (κ1) is 19.6. The first-order chi connectivity index (χ1) is 15.7. The third kappa shape index (κ3) is 2.66. The average Bonchev–Trinajstić information content (AvgIpc) is 3.24. The van der Waals surface area contributed by atoms with Gasteiger partial charge < -0.3 is 9.64 Å². The number of anilines is 1. The van der Waals surface area contributed by atoms with Gasteiger partial charge >= 0.3 is 0 Å². The zero-order chi connectivity index (χ0) is 22.3. The maximum absolute atomic E-state index is 10.3. The molecule has 32 heavy (non-hydrogen) atoms. The lowest BCUT2D eigenvalue weighted by Crippen LogP contribution is -2.42. The molecular formula is C26H19N5O. The van der Waals surface area contributed by atoms with E-state index in [0.717, 1.165) is 22.3 Å². The average molecular weight is 417 g/mol. The lowest BCUT2D eigenvalue weighted by atomic mass is 9.71. The van der Waals surface area contributed by atoms with E-state index in [1.165, 1.54) is 0 Å². The number of nitriles is 3. The second kappa shape index (κ2) is 7.41. The topological polar surface area (TPSA) is 96.7 Å². The molecule has 0 radical (unpaired) electrons. The number of benzene rings is 2. The van der Waals surface area contributed by atoms with Crippen LogP contribution in [0.1, 0.15) is 35.2 Å². The maximum Gasteiger partial charge on any atom is 0.234 e. The van der Waals surface area contributed by atoms with E-state index in [2.05, 4.69) is 18.2 Å². The van der Waals surface area contributed by atoms with Crippen LogP contribution in [0.4, 0.5) is 5.82 Å². The molecule has 2 aliphatic heterocycles. The van der Waals surface area contributed by atoms with Crippen LogP contribution >= 0.6 is 0 Å². The van der Waals surface area contributed by atoms with Gasteiger partial charge in [-0.2, -0.15) is 20.8 Å². The Balaban J connectivity index is 1.86. The molecule has 0 saturated carbocycles. The molecule has 2 aromatic carbocycles. The molecule has 1 aromatic heterocycles. The standard InChI is InChI=1S/C26H19N5O/c1-2-32-25-21(13-27)22(17-8-4-3-5-9-17)20-12-26(15-28,16-29)23-19-11-7-6-10-18(19)14-31(23)24(20)30-25/h3-11,23H,2,12,14H2,1H3. The van der Waals surface area contributed by atoms with Crippen LogP contribution in [-0.2, 0) is 13.0 Å². The summed E-state index contributed by atoms with van der Waals surface area (Å²) in [6, 6.07) is 24.0. The monoisotopic (exact) mass is 417 g/mol. The van der Waals surface area contributed by atoms with Crippen molar-refractivity contribution in [3.05, 3.63) is 76.9 Å². The van der Waals surface area contributed by atoms with E-state index < -0.39 is 11.5 Å². The minimum absolute atomic E-state index is 0.184. The molecular weight excluding hydrogens is 398 g/mol. The van der Waals surface area contributed by atoms with Gasteiger partial charge in [0.1, 0.15) is 17.5 Å². The highest BCUT2D eigenvalue weighted by molar-refractivity contribution is 5.82. The van der Waals surface area contributed by atoms with E-state index in [0.29, 0.717) is 30.1 Å². The van der Waals surface area contributed by atoms with Crippen molar-refractivity contribution in [1.82, 2.24) is 4.98 Å². The highest BCUT2D eigenvalue weighted by atomic mass is 16.5. The molecule has 0 bridgehead atoms. The summed E-state index contributed by atoms with van der Waals surface area (Å²) in [6.07, 6.45) is 0.184. The molecule has 0 amide bonds. The molecule has 3 heterocycles. The number of pyridine rings is 1. The van der Waals surface area contributed by atoms with Crippen LogP contribution in [0.5, 0.6) is 5.88 Å². The molecule has 5 rings (SSSR count). The predicted molar refractivity (Wildman–Crippen MR) is 118 cm³/mol. The number of hydrogen-bond donors (Lipinski definition) is 0. The van der Waals surface area contributed by atoms with E-state index in [4.69, 9.17) is 9.72 Å². The van der Waals surface area contributed by atoms with Crippen molar-refractivity contribution in [3.8, 4) is 35.2 Å². The SMILES string of the molecule is CCOc1nc2c(c(-c3ccccc3)c1C#N)CC(C#N)(C#N)C1c3ccccc3CN21. The number of ether oxygens (including phenoxy) is 1. The summed E-state index contributed by atoms with van der Waals surface area (Å²) in [5.74, 6) is 0.956. The molecule has 0 aliphatic carbocycles. The zero-order valence-corrected chi connectivity index (χ0v) is 17.5. The molecule has 6 heteroatoms. The molecule has 1 unspecified atom stereocenters. The van der Waals surface area contributed by atoms with E-state index >= 15 is 0 Å². The summed E-state index contributed by atoms with van der Waals surface area (Å²) >= 11 is 0. The van der Waals surface area contributed by atoms with Gasteiger partial charge in [-0.25, -0.2) is 0 Å². The zero-order valence-electron chi connectivity index (χ0n) is 17.5. The second-order valence-electron chi connectivity index (χ2n) is 7.98. The first-order valence-electron chi connectivity index (χ1n) is 10.5. The highest BCUT2D eigenvalue weighted by Crippen LogP contribution is 2.55. The van der Waals surface area contributed by atoms with E-state index in [-0.39, 0.29) is 12.3 Å². The number of aromatic nitrogens is 1. The van der Waals surface area contributed by atoms with Crippen molar-refractivity contribution in [3.63, 3.8) is 0 Å². The Kier molecular flexibility index (Phi) is 4.54. The van der Waals surface area contributed by atoms with E-state index in [1.807, 2.05) is 66.4 Å². The minimum atomic E-state index is -1.30. The van der Waals surface area contributed by atoms with E-state index in [9.17, 15) is 15.8 Å². The van der Waals surface area contributed by atoms with Crippen LogP contribution in [0.3, 0.4) is 0 Å². The second-order valence-corrected chi connectivity index (χ2v) is 7.98. The predicted octanol–water partition coefficient (Wildman–Crippen LogP) is 4.67. The molecule has 0 N–H and O–H groups in total. The summed E-state index contributed by atoms with van der Waals surface area (Å²) in [7, 11) is 0. The third-order valence-corrected chi connectivity index (χ3v) is 6.29.